The number of rotatable bonds is 6. The van der Waals surface area contributed by atoms with Gasteiger partial charge in [0.1, 0.15) is 12.2 Å². The highest BCUT2D eigenvalue weighted by atomic mass is 19.2. The van der Waals surface area contributed by atoms with Crippen LogP contribution in [0.3, 0.4) is 0 Å². The van der Waals surface area contributed by atoms with Crippen LogP contribution in [0, 0.1) is 33.4 Å². The van der Waals surface area contributed by atoms with E-state index in [1.807, 2.05) is 0 Å². The number of nitrogens with zero attached hydrogens (tertiary/aromatic N) is 7. The van der Waals surface area contributed by atoms with Gasteiger partial charge in [-0.05, 0) is 11.1 Å². The fourth-order valence-corrected chi connectivity index (χ4v) is 5.17. The molecule has 0 N–H and O–H groups in total. The van der Waals surface area contributed by atoms with Gasteiger partial charge >= 0.3 is 0 Å². The van der Waals surface area contributed by atoms with E-state index in [2.05, 4.69) is 15.4 Å². The van der Waals surface area contributed by atoms with Crippen LogP contribution in [0.2, 0.25) is 0 Å². The highest BCUT2D eigenvalue weighted by molar-refractivity contribution is 6.25. The van der Waals surface area contributed by atoms with Crippen molar-refractivity contribution in [1.82, 2.24) is 10.0 Å². The van der Waals surface area contributed by atoms with E-state index < -0.39 is 76.3 Å². The minimum atomic E-state index is -1.95. The van der Waals surface area contributed by atoms with Crippen LogP contribution in [0.5, 0.6) is 0 Å². The number of halogens is 4. The Morgan fingerprint density at radius 3 is 2.23 bits per heavy atom. The summed E-state index contributed by atoms with van der Waals surface area (Å²) < 4.78 is 56.6. The number of hydrazone groups is 1. The monoisotopic (exact) mass is 595 g/mol. The standard InChI is InChI=1S/C27H17F4N7O5/c28-16-10-17(29)22(31)24(21(16)30)36-26(40)23-25(27(36)41)35(34-32-23)12-20(39)37-19(14-6-8-15(9-7-14)38(42)43)11-18(33-37)13-4-2-1-3-5-13/h1-10,19,23,25H,11-12H2/t19-,23-,25-/m0/s1. The number of amides is 3. The van der Waals surface area contributed by atoms with E-state index in [4.69, 9.17) is 0 Å². The van der Waals surface area contributed by atoms with Crippen molar-refractivity contribution < 1.29 is 36.9 Å². The summed E-state index contributed by atoms with van der Waals surface area (Å²) in [5.41, 5.74) is 0.0670. The topological polar surface area (TPSA) is 141 Å². The van der Waals surface area contributed by atoms with Gasteiger partial charge in [0.15, 0.2) is 35.4 Å². The molecule has 3 aliphatic rings. The molecule has 0 spiro atoms. The van der Waals surface area contributed by atoms with Crippen LogP contribution < -0.4 is 4.90 Å². The van der Waals surface area contributed by atoms with Crippen LogP contribution in [0.4, 0.5) is 28.9 Å². The van der Waals surface area contributed by atoms with Crippen molar-refractivity contribution in [3.05, 3.63) is 105 Å². The van der Waals surface area contributed by atoms with E-state index in [0.29, 0.717) is 16.8 Å². The molecular weight excluding hydrogens is 578 g/mol. The second-order valence-corrected chi connectivity index (χ2v) is 9.74. The first-order valence-electron chi connectivity index (χ1n) is 12.6. The number of hydrogen-bond donors (Lipinski definition) is 0. The lowest BCUT2D eigenvalue weighted by Crippen LogP contribution is -2.45. The van der Waals surface area contributed by atoms with Crippen molar-refractivity contribution in [2.24, 2.45) is 15.4 Å². The summed E-state index contributed by atoms with van der Waals surface area (Å²) in [6.07, 6.45) is 0.232. The van der Waals surface area contributed by atoms with Crippen molar-refractivity contribution >= 4 is 34.8 Å². The quantitative estimate of drug-likeness (QED) is 0.140. The first-order chi connectivity index (χ1) is 20.6. The molecule has 3 heterocycles. The molecule has 3 aromatic carbocycles. The summed E-state index contributed by atoms with van der Waals surface area (Å²) in [6.45, 7) is -0.672. The molecule has 3 aromatic rings. The number of anilines is 1. The molecule has 1 fully saturated rings. The van der Waals surface area contributed by atoms with Crippen molar-refractivity contribution in [1.29, 1.82) is 0 Å². The van der Waals surface area contributed by atoms with Gasteiger partial charge in [-0.15, -0.1) is 0 Å². The molecule has 43 heavy (non-hydrogen) atoms. The molecule has 0 saturated carbocycles. The summed E-state index contributed by atoms with van der Waals surface area (Å²) in [7, 11) is 0. The van der Waals surface area contributed by atoms with Crippen LogP contribution in [-0.2, 0) is 14.4 Å². The molecule has 3 aliphatic heterocycles. The van der Waals surface area contributed by atoms with Crippen LogP contribution in [0.15, 0.2) is 76.1 Å². The van der Waals surface area contributed by atoms with Gasteiger partial charge in [0.25, 0.3) is 23.4 Å². The molecule has 0 aliphatic carbocycles. The summed E-state index contributed by atoms with van der Waals surface area (Å²) in [5.74, 6) is -10.8. The van der Waals surface area contributed by atoms with Gasteiger partial charge in [-0.3, -0.25) is 29.5 Å². The number of benzene rings is 3. The van der Waals surface area contributed by atoms with Crippen LogP contribution >= 0.6 is 0 Å². The van der Waals surface area contributed by atoms with Crippen molar-refractivity contribution in [3.8, 4) is 0 Å². The lowest BCUT2D eigenvalue weighted by molar-refractivity contribution is -0.384. The summed E-state index contributed by atoms with van der Waals surface area (Å²) in [5, 5.41) is 24.9. The summed E-state index contributed by atoms with van der Waals surface area (Å²) >= 11 is 0. The number of imide groups is 1. The fraction of sp³-hybridized carbons (Fsp3) is 0.185. The summed E-state index contributed by atoms with van der Waals surface area (Å²) in [4.78, 5) is 50.2. The smallest absolute Gasteiger partial charge is 0.269 e. The number of carbonyl (C=O) groups is 3. The molecule has 0 radical (unpaired) electrons. The number of fused-ring (bicyclic) bond motifs is 1. The Balaban J connectivity index is 1.28. The molecule has 218 valence electrons. The van der Waals surface area contributed by atoms with E-state index in [0.717, 1.165) is 10.0 Å². The van der Waals surface area contributed by atoms with Gasteiger partial charge in [0.2, 0.25) is 0 Å². The third-order valence-electron chi connectivity index (χ3n) is 7.23. The maximum atomic E-state index is 14.5. The Labute approximate surface area is 238 Å². The van der Waals surface area contributed by atoms with Gasteiger partial charge in [-0.1, -0.05) is 47.7 Å². The van der Waals surface area contributed by atoms with Gasteiger partial charge in [0, 0.05) is 24.6 Å². The second-order valence-electron chi connectivity index (χ2n) is 9.74. The molecule has 0 unspecified atom stereocenters. The highest BCUT2D eigenvalue weighted by Gasteiger charge is 2.57. The highest BCUT2D eigenvalue weighted by Crippen LogP contribution is 2.37. The van der Waals surface area contributed by atoms with E-state index in [-0.39, 0.29) is 23.1 Å². The SMILES string of the molecule is O=C1[C@H]2N=NN(CC(=O)N3N=C(c4ccccc4)C[C@H]3c3ccc([N+](=O)[O-])cc3)[C@@H]2C(=O)N1c1c(F)c(F)cc(F)c1F. The third-order valence-corrected chi connectivity index (χ3v) is 7.23. The maximum absolute atomic E-state index is 14.5. The zero-order valence-corrected chi connectivity index (χ0v) is 21.6. The normalized spacial score (nSPS) is 21.1. The first kappa shape index (κ1) is 27.6. The van der Waals surface area contributed by atoms with Gasteiger partial charge in [0.05, 0.1) is 16.7 Å². The maximum Gasteiger partial charge on any atom is 0.269 e. The Morgan fingerprint density at radius 2 is 1.60 bits per heavy atom. The Bertz CT molecular complexity index is 1730. The lowest BCUT2D eigenvalue weighted by Gasteiger charge is -2.25. The van der Waals surface area contributed by atoms with Gasteiger partial charge in [-0.2, -0.15) is 10.2 Å². The second kappa shape index (κ2) is 10.4. The van der Waals surface area contributed by atoms with Crippen molar-refractivity contribution in [2.75, 3.05) is 11.4 Å². The Kier molecular flexibility index (Phi) is 6.67. The number of carbonyl (C=O) groups excluding carboxylic acids is 3. The van der Waals surface area contributed by atoms with E-state index >= 15 is 0 Å². The largest absolute Gasteiger partial charge is 0.271 e. The molecule has 0 aromatic heterocycles. The fourth-order valence-electron chi connectivity index (χ4n) is 5.17. The first-order valence-corrected chi connectivity index (χ1v) is 12.6. The average Bonchev–Trinajstić information content (AvgIpc) is 3.69. The average molecular weight is 595 g/mol. The van der Waals surface area contributed by atoms with Crippen LogP contribution in [0.25, 0.3) is 0 Å². The van der Waals surface area contributed by atoms with Crippen LogP contribution in [0.1, 0.15) is 23.6 Å². The van der Waals surface area contributed by atoms with E-state index in [1.165, 1.54) is 24.3 Å². The van der Waals surface area contributed by atoms with E-state index in [1.54, 1.807) is 30.3 Å². The molecule has 0 bridgehead atoms. The van der Waals surface area contributed by atoms with Gasteiger partial charge in [-0.25, -0.2) is 27.5 Å². The Morgan fingerprint density at radius 1 is 0.953 bits per heavy atom. The molecular formula is C27H17F4N7O5. The molecule has 12 nitrogen and oxygen atoms in total. The minimum Gasteiger partial charge on any atom is -0.271 e. The zero-order valence-electron chi connectivity index (χ0n) is 21.6. The van der Waals surface area contributed by atoms with Crippen molar-refractivity contribution in [2.45, 2.75) is 24.5 Å². The third kappa shape index (κ3) is 4.56. The summed E-state index contributed by atoms with van der Waals surface area (Å²) in [6, 6.07) is 10.4. The molecule has 6 rings (SSSR count). The molecule has 1 saturated heterocycles. The number of non-ortho nitro benzene ring substituents is 1. The molecule has 3 atom stereocenters. The molecule has 3 amide bonds. The minimum absolute atomic E-state index is 0.0387. The lowest BCUT2D eigenvalue weighted by atomic mass is 9.98. The Hall–Kier alpha value is -5.54. The molecule has 16 heteroatoms. The van der Waals surface area contributed by atoms with Gasteiger partial charge < -0.3 is 0 Å². The van der Waals surface area contributed by atoms with Crippen molar-refractivity contribution in [3.63, 3.8) is 0 Å². The predicted octanol–water partition coefficient (Wildman–Crippen LogP) is 3.82. The number of nitro benzene ring substituents is 1. The predicted molar refractivity (Wildman–Crippen MR) is 138 cm³/mol. The number of nitro groups is 1. The number of hydrogen-bond acceptors (Lipinski definition) is 9. The van der Waals surface area contributed by atoms with Crippen LogP contribution in [-0.4, -0.2) is 57.0 Å². The zero-order chi connectivity index (χ0) is 30.6. The van der Waals surface area contributed by atoms with E-state index in [9.17, 15) is 42.1 Å².